The van der Waals surface area contributed by atoms with Crippen LogP contribution in [0.15, 0.2) is 30.3 Å². The van der Waals surface area contributed by atoms with Crippen molar-refractivity contribution in [2.45, 2.75) is 26.3 Å². The second-order valence-corrected chi connectivity index (χ2v) is 6.98. The number of amides is 1. The van der Waals surface area contributed by atoms with E-state index >= 15 is 0 Å². The zero-order valence-electron chi connectivity index (χ0n) is 12.9. The van der Waals surface area contributed by atoms with Crippen molar-refractivity contribution in [3.05, 3.63) is 56.5 Å². The standard InChI is InChI=1S/C17H17ClFNO2S/c1-11-6-8-16(23-11)15(21)7-9-17(22)20(2)10-12-13(18)4-3-5-14(12)19/h3-6,8H,7,9-10H2,1-2H3. The minimum absolute atomic E-state index is 0.0474. The molecule has 0 radical (unpaired) electrons. The fourth-order valence-corrected chi connectivity index (χ4v) is 3.19. The molecule has 0 atom stereocenters. The lowest BCUT2D eigenvalue weighted by Gasteiger charge is -2.18. The predicted molar refractivity (Wildman–Crippen MR) is 90.5 cm³/mol. The topological polar surface area (TPSA) is 37.4 Å². The van der Waals surface area contributed by atoms with Crippen LogP contribution in [-0.4, -0.2) is 23.6 Å². The maximum absolute atomic E-state index is 13.7. The first-order valence-corrected chi connectivity index (χ1v) is 8.34. The quantitative estimate of drug-likeness (QED) is 0.718. The highest BCUT2D eigenvalue weighted by atomic mass is 35.5. The Morgan fingerprint density at radius 3 is 2.57 bits per heavy atom. The summed E-state index contributed by atoms with van der Waals surface area (Å²) in [5, 5.41) is 0.287. The van der Waals surface area contributed by atoms with Crippen LogP contribution in [0, 0.1) is 12.7 Å². The molecule has 0 saturated carbocycles. The number of aryl methyl sites for hydroxylation is 1. The Labute approximate surface area is 143 Å². The first kappa shape index (κ1) is 17.6. The summed E-state index contributed by atoms with van der Waals surface area (Å²) in [6, 6.07) is 8.06. The highest BCUT2D eigenvalue weighted by Gasteiger charge is 2.16. The Morgan fingerprint density at radius 2 is 1.96 bits per heavy atom. The van der Waals surface area contributed by atoms with Gasteiger partial charge in [-0.2, -0.15) is 0 Å². The fourth-order valence-electron chi connectivity index (χ4n) is 2.13. The average molecular weight is 354 g/mol. The minimum atomic E-state index is -0.442. The number of rotatable bonds is 6. The van der Waals surface area contributed by atoms with Crippen molar-refractivity contribution in [2.24, 2.45) is 0 Å². The molecule has 0 fully saturated rings. The molecule has 1 aromatic carbocycles. The third-order valence-electron chi connectivity index (χ3n) is 3.46. The van der Waals surface area contributed by atoms with Gasteiger partial charge in [-0.1, -0.05) is 17.7 Å². The van der Waals surface area contributed by atoms with E-state index in [-0.39, 0.29) is 41.7 Å². The number of carbonyl (C=O) groups excluding carboxylic acids is 2. The van der Waals surface area contributed by atoms with Crippen LogP contribution in [0.1, 0.15) is 33.0 Å². The molecular weight excluding hydrogens is 337 g/mol. The molecule has 0 N–H and O–H groups in total. The van der Waals surface area contributed by atoms with E-state index in [0.29, 0.717) is 4.88 Å². The van der Waals surface area contributed by atoms with E-state index < -0.39 is 5.82 Å². The smallest absolute Gasteiger partial charge is 0.223 e. The van der Waals surface area contributed by atoms with Crippen LogP contribution in [0.3, 0.4) is 0 Å². The molecule has 23 heavy (non-hydrogen) atoms. The summed E-state index contributed by atoms with van der Waals surface area (Å²) in [5.74, 6) is -0.706. The first-order valence-electron chi connectivity index (χ1n) is 7.15. The van der Waals surface area contributed by atoms with E-state index in [0.717, 1.165) is 4.88 Å². The monoisotopic (exact) mass is 353 g/mol. The van der Waals surface area contributed by atoms with E-state index in [9.17, 15) is 14.0 Å². The molecule has 3 nitrogen and oxygen atoms in total. The third kappa shape index (κ3) is 4.62. The average Bonchev–Trinajstić information content (AvgIpc) is 2.94. The lowest BCUT2D eigenvalue weighted by molar-refractivity contribution is -0.130. The molecule has 0 aliphatic carbocycles. The predicted octanol–water partition coefficient (Wildman–Crippen LogP) is 4.47. The number of ketones is 1. The summed E-state index contributed by atoms with van der Waals surface area (Å²) in [4.78, 5) is 27.2. The summed E-state index contributed by atoms with van der Waals surface area (Å²) in [6.07, 6.45) is 0.243. The zero-order chi connectivity index (χ0) is 17.0. The van der Waals surface area contributed by atoms with Crippen LogP contribution in [0.4, 0.5) is 4.39 Å². The van der Waals surface area contributed by atoms with Gasteiger partial charge in [-0.25, -0.2) is 4.39 Å². The lowest BCUT2D eigenvalue weighted by atomic mass is 10.1. The van der Waals surface area contributed by atoms with Crippen molar-refractivity contribution >= 4 is 34.6 Å². The van der Waals surface area contributed by atoms with Gasteiger partial charge in [0.05, 0.1) is 4.88 Å². The maximum Gasteiger partial charge on any atom is 0.223 e. The molecule has 1 heterocycles. The number of nitrogens with zero attached hydrogens (tertiary/aromatic N) is 1. The van der Waals surface area contributed by atoms with Crippen molar-refractivity contribution in [3.63, 3.8) is 0 Å². The minimum Gasteiger partial charge on any atom is -0.341 e. The summed E-state index contributed by atoms with van der Waals surface area (Å²) in [6.45, 7) is 2.01. The van der Waals surface area contributed by atoms with Crippen LogP contribution < -0.4 is 0 Å². The van der Waals surface area contributed by atoms with Gasteiger partial charge in [0.1, 0.15) is 5.82 Å². The van der Waals surface area contributed by atoms with Gasteiger partial charge in [0.25, 0.3) is 0 Å². The molecule has 0 saturated heterocycles. The van der Waals surface area contributed by atoms with E-state index in [1.165, 1.54) is 28.4 Å². The van der Waals surface area contributed by atoms with E-state index in [4.69, 9.17) is 11.6 Å². The second-order valence-electron chi connectivity index (χ2n) is 5.28. The Hall–Kier alpha value is -1.72. The normalized spacial score (nSPS) is 10.6. The van der Waals surface area contributed by atoms with Gasteiger partial charge in [0.2, 0.25) is 5.91 Å². The molecule has 122 valence electrons. The van der Waals surface area contributed by atoms with Crippen molar-refractivity contribution in [1.82, 2.24) is 4.90 Å². The van der Waals surface area contributed by atoms with Crippen LogP contribution in [0.25, 0.3) is 0 Å². The van der Waals surface area contributed by atoms with Gasteiger partial charge in [-0.3, -0.25) is 9.59 Å². The molecule has 0 aliphatic rings. The molecule has 1 aromatic heterocycles. The zero-order valence-corrected chi connectivity index (χ0v) is 14.5. The molecule has 0 unspecified atom stereocenters. The molecular formula is C17H17ClFNO2S. The van der Waals surface area contributed by atoms with Gasteiger partial charge >= 0.3 is 0 Å². The number of hydrogen-bond donors (Lipinski definition) is 0. The molecule has 1 amide bonds. The summed E-state index contributed by atoms with van der Waals surface area (Å²) < 4.78 is 13.7. The Bertz CT molecular complexity index is 709. The van der Waals surface area contributed by atoms with E-state index in [1.807, 2.05) is 13.0 Å². The van der Waals surface area contributed by atoms with Gasteiger partial charge in [0.15, 0.2) is 5.78 Å². The Morgan fingerprint density at radius 1 is 1.22 bits per heavy atom. The van der Waals surface area contributed by atoms with E-state index in [2.05, 4.69) is 0 Å². The number of halogens is 2. The van der Waals surface area contributed by atoms with Crippen molar-refractivity contribution in [2.75, 3.05) is 7.05 Å². The van der Waals surface area contributed by atoms with E-state index in [1.54, 1.807) is 19.2 Å². The van der Waals surface area contributed by atoms with Crippen LogP contribution in [-0.2, 0) is 11.3 Å². The summed E-state index contributed by atoms with van der Waals surface area (Å²) in [7, 11) is 1.57. The Kier molecular flexibility index (Phi) is 5.91. The molecule has 6 heteroatoms. The molecule has 0 spiro atoms. The van der Waals surface area contributed by atoms with Crippen molar-refractivity contribution < 1.29 is 14.0 Å². The molecule has 2 rings (SSSR count). The van der Waals surface area contributed by atoms with Gasteiger partial charge in [-0.15, -0.1) is 11.3 Å². The third-order valence-corrected chi connectivity index (χ3v) is 4.86. The number of Topliss-reactive ketones (excluding diaryl/α,β-unsaturated/α-hetero) is 1. The highest BCUT2D eigenvalue weighted by Crippen LogP contribution is 2.21. The van der Waals surface area contributed by atoms with Crippen LogP contribution in [0.5, 0.6) is 0 Å². The highest BCUT2D eigenvalue weighted by molar-refractivity contribution is 7.14. The van der Waals surface area contributed by atoms with Gasteiger partial charge in [-0.05, 0) is 31.2 Å². The Balaban J connectivity index is 1.91. The second kappa shape index (κ2) is 7.70. The van der Waals surface area contributed by atoms with Crippen molar-refractivity contribution in [1.29, 1.82) is 0 Å². The number of carbonyl (C=O) groups is 2. The van der Waals surface area contributed by atoms with Gasteiger partial charge in [0, 0.05) is 41.9 Å². The number of benzene rings is 1. The van der Waals surface area contributed by atoms with Gasteiger partial charge < -0.3 is 4.90 Å². The number of hydrogen-bond acceptors (Lipinski definition) is 3. The SMILES string of the molecule is Cc1ccc(C(=O)CCC(=O)N(C)Cc2c(F)cccc2Cl)s1. The maximum atomic E-state index is 13.7. The number of thiophene rings is 1. The van der Waals surface area contributed by atoms with Crippen molar-refractivity contribution in [3.8, 4) is 0 Å². The molecule has 0 aliphatic heterocycles. The first-order chi connectivity index (χ1) is 10.9. The summed E-state index contributed by atoms with van der Waals surface area (Å²) >= 11 is 7.38. The van der Waals surface area contributed by atoms with Crippen LogP contribution >= 0.6 is 22.9 Å². The molecule has 0 bridgehead atoms. The fraction of sp³-hybridized carbons (Fsp3) is 0.294. The van der Waals surface area contributed by atoms with Crippen LogP contribution in [0.2, 0.25) is 5.02 Å². The largest absolute Gasteiger partial charge is 0.341 e. The lowest BCUT2D eigenvalue weighted by Crippen LogP contribution is -2.27. The summed E-state index contributed by atoms with van der Waals surface area (Å²) in [5.41, 5.74) is 0.283. The molecule has 2 aromatic rings.